The van der Waals surface area contributed by atoms with Gasteiger partial charge in [-0.25, -0.2) is 4.79 Å². The normalized spacial score (nSPS) is 10.1. The average Bonchev–Trinajstić information content (AvgIpc) is 2.31. The van der Waals surface area contributed by atoms with Gasteiger partial charge in [-0.3, -0.25) is 4.79 Å². The van der Waals surface area contributed by atoms with E-state index in [4.69, 9.17) is 16.3 Å². The van der Waals surface area contributed by atoms with Gasteiger partial charge in [0.05, 0.1) is 18.1 Å². The molecule has 1 rings (SSSR count). The van der Waals surface area contributed by atoms with Crippen LogP contribution in [0.3, 0.4) is 0 Å². The Morgan fingerprint density at radius 1 is 1.35 bits per heavy atom. The number of Topliss-reactive ketones (excluding diaryl/α,β-unsaturated/α-hetero) is 1. The summed E-state index contributed by atoms with van der Waals surface area (Å²) in [5, 5.41) is 0. The van der Waals surface area contributed by atoms with E-state index in [0.717, 1.165) is 11.1 Å². The van der Waals surface area contributed by atoms with Gasteiger partial charge in [0.25, 0.3) is 0 Å². The molecule has 0 spiro atoms. The quantitative estimate of drug-likeness (QED) is 0.599. The zero-order valence-corrected chi connectivity index (χ0v) is 10.7. The smallest absolute Gasteiger partial charge is 0.338 e. The minimum absolute atomic E-state index is 0.0130. The fourth-order valence-corrected chi connectivity index (χ4v) is 1.59. The fraction of sp³-hybridized carbons (Fsp3) is 0.385. The Morgan fingerprint density at radius 3 is 2.59 bits per heavy atom. The number of carbonyl (C=O) groups is 2. The summed E-state index contributed by atoms with van der Waals surface area (Å²) in [5.41, 5.74) is 2.30. The van der Waals surface area contributed by atoms with Crippen molar-refractivity contribution < 1.29 is 14.3 Å². The Balaban J connectivity index is 2.86. The van der Waals surface area contributed by atoms with E-state index in [2.05, 4.69) is 0 Å². The molecule has 0 fully saturated rings. The van der Waals surface area contributed by atoms with Gasteiger partial charge in [-0.1, -0.05) is 6.07 Å². The van der Waals surface area contributed by atoms with Crippen molar-refractivity contribution >= 4 is 23.4 Å². The lowest BCUT2D eigenvalue weighted by molar-refractivity contribution is -0.116. The molecule has 0 N–H and O–H groups in total. The van der Waals surface area contributed by atoms with E-state index in [-0.39, 0.29) is 17.6 Å². The number of carbonyl (C=O) groups excluding carboxylic acids is 2. The molecule has 0 aliphatic carbocycles. The van der Waals surface area contributed by atoms with Gasteiger partial charge in [-0.2, -0.15) is 0 Å². The van der Waals surface area contributed by atoms with Crippen LogP contribution in [0.1, 0.15) is 28.4 Å². The minimum Gasteiger partial charge on any atom is -0.462 e. The minimum atomic E-state index is -0.342. The summed E-state index contributed by atoms with van der Waals surface area (Å²) in [6.45, 7) is 3.97. The first kappa shape index (κ1) is 13.7. The number of alkyl halides is 1. The van der Waals surface area contributed by atoms with Crippen molar-refractivity contribution in [1.82, 2.24) is 0 Å². The molecule has 17 heavy (non-hydrogen) atoms. The second kappa shape index (κ2) is 6.40. The van der Waals surface area contributed by atoms with Crippen LogP contribution in [0.5, 0.6) is 0 Å². The zero-order chi connectivity index (χ0) is 12.8. The number of ketones is 1. The van der Waals surface area contributed by atoms with Crippen molar-refractivity contribution in [3.63, 3.8) is 0 Å². The highest BCUT2D eigenvalue weighted by atomic mass is 35.5. The van der Waals surface area contributed by atoms with E-state index >= 15 is 0 Å². The molecule has 0 unspecified atom stereocenters. The molecule has 0 aliphatic rings. The standard InChI is InChI=1S/C13H15ClO3/c1-3-17-13(16)11-5-4-10(9(2)6-11)7-12(15)8-14/h4-6H,3,7-8H2,1-2H3. The third kappa shape index (κ3) is 3.86. The predicted molar refractivity (Wildman–Crippen MR) is 66.6 cm³/mol. The molecule has 0 atom stereocenters. The van der Waals surface area contributed by atoms with Crippen LogP contribution in [0, 0.1) is 6.92 Å². The highest BCUT2D eigenvalue weighted by Crippen LogP contribution is 2.13. The molecule has 1 aromatic rings. The van der Waals surface area contributed by atoms with E-state index in [9.17, 15) is 9.59 Å². The van der Waals surface area contributed by atoms with E-state index < -0.39 is 0 Å². The molecule has 1 aromatic carbocycles. The molecule has 0 aromatic heterocycles. The molecule has 4 heteroatoms. The van der Waals surface area contributed by atoms with Gasteiger partial charge in [0, 0.05) is 6.42 Å². The summed E-state index contributed by atoms with van der Waals surface area (Å²) in [7, 11) is 0. The van der Waals surface area contributed by atoms with Crippen molar-refractivity contribution in [2.45, 2.75) is 20.3 Å². The monoisotopic (exact) mass is 254 g/mol. The van der Waals surface area contributed by atoms with Crippen molar-refractivity contribution in [3.8, 4) is 0 Å². The first-order valence-corrected chi connectivity index (χ1v) is 5.96. The van der Waals surface area contributed by atoms with Crippen LogP contribution in [-0.2, 0) is 16.0 Å². The summed E-state index contributed by atoms with van der Waals surface area (Å²) < 4.78 is 4.90. The van der Waals surface area contributed by atoms with Gasteiger partial charge < -0.3 is 4.74 Å². The van der Waals surface area contributed by atoms with Crippen LogP contribution in [0.25, 0.3) is 0 Å². The molecule has 0 saturated carbocycles. The average molecular weight is 255 g/mol. The number of rotatable bonds is 5. The molecule has 0 radical (unpaired) electrons. The largest absolute Gasteiger partial charge is 0.462 e. The van der Waals surface area contributed by atoms with Gasteiger partial charge in [-0.05, 0) is 37.1 Å². The summed E-state index contributed by atoms with van der Waals surface area (Å²) in [4.78, 5) is 22.7. The van der Waals surface area contributed by atoms with Crippen LogP contribution >= 0.6 is 11.6 Å². The van der Waals surface area contributed by atoms with Crippen molar-refractivity contribution in [2.75, 3.05) is 12.5 Å². The van der Waals surface area contributed by atoms with Crippen LogP contribution in [-0.4, -0.2) is 24.2 Å². The molecular weight excluding hydrogens is 240 g/mol. The van der Waals surface area contributed by atoms with Crippen molar-refractivity contribution in [1.29, 1.82) is 0 Å². The molecular formula is C13H15ClO3. The molecule has 92 valence electrons. The lowest BCUT2D eigenvalue weighted by Gasteiger charge is -2.07. The van der Waals surface area contributed by atoms with Gasteiger partial charge in [0.15, 0.2) is 5.78 Å². The lowest BCUT2D eigenvalue weighted by atomic mass is 10.0. The Hall–Kier alpha value is -1.35. The Bertz CT molecular complexity index is 427. The van der Waals surface area contributed by atoms with E-state index in [1.807, 2.05) is 6.92 Å². The second-order valence-electron chi connectivity index (χ2n) is 3.71. The number of benzene rings is 1. The maximum atomic E-state index is 11.5. The third-order valence-corrected chi connectivity index (χ3v) is 2.69. The number of hydrogen-bond acceptors (Lipinski definition) is 3. The Morgan fingerprint density at radius 2 is 2.06 bits per heavy atom. The lowest BCUT2D eigenvalue weighted by Crippen LogP contribution is -2.08. The zero-order valence-electron chi connectivity index (χ0n) is 9.96. The van der Waals surface area contributed by atoms with Crippen LogP contribution in [0.15, 0.2) is 18.2 Å². The van der Waals surface area contributed by atoms with Gasteiger partial charge >= 0.3 is 5.97 Å². The number of ether oxygens (including phenoxy) is 1. The van der Waals surface area contributed by atoms with Crippen LogP contribution in [0.4, 0.5) is 0 Å². The molecule has 0 aliphatic heterocycles. The number of aryl methyl sites for hydroxylation is 1. The molecule has 0 saturated heterocycles. The van der Waals surface area contributed by atoms with Crippen LogP contribution in [0.2, 0.25) is 0 Å². The van der Waals surface area contributed by atoms with E-state index in [1.54, 1.807) is 25.1 Å². The molecule has 0 amide bonds. The maximum Gasteiger partial charge on any atom is 0.338 e. The van der Waals surface area contributed by atoms with E-state index in [1.165, 1.54) is 0 Å². The van der Waals surface area contributed by atoms with E-state index in [0.29, 0.717) is 18.6 Å². The molecule has 0 heterocycles. The predicted octanol–water partition coefficient (Wildman–Crippen LogP) is 2.52. The summed E-state index contributed by atoms with van der Waals surface area (Å²) in [6, 6.07) is 5.17. The first-order chi connectivity index (χ1) is 8.08. The fourth-order valence-electron chi connectivity index (χ4n) is 1.50. The molecule has 0 bridgehead atoms. The summed E-state index contributed by atoms with van der Waals surface area (Å²) >= 11 is 5.45. The summed E-state index contributed by atoms with van der Waals surface area (Å²) in [6.07, 6.45) is 0.304. The van der Waals surface area contributed by atoms with Gasteiger partial charge in [0.1, 0.15) is 0 Å². The maximum absolute atomic E-state index is 11.5. The summed E-state index contributed by atoms with van der Waals surface area (Å²) in [5.74, 6) is -0.358. The van der Waals surface area contributed by atoms with Crippen LogP contribution < -0.4 is 0 Å². The van der Waals surface area contributed by atoms with Crippen molar-refractivity contribution in [3.05, 3.63) is 34.9 Å². The molecule has 3 nitrogen and oxygen atoms in total. The number of hydrogen-bond donors (Lipinski definition) is 0. The number of esters is 1. The topological polar surface area (TPSA) is 43.4 Å². The SMILES string of the molecule is CCOC(=O)c1ccc(CC(=O)CCl)c(C)c1. The Kier molecular flexibility index (Phi) is 5.16. The second-order valence-corrected chi connectivity index (χ2v) is 3.98. The highest BCUT2D eigenvalue weighted by Gasteiger charge is 2.10. The Labute approximate surface area is 106 Å². The van der Waals surface area contributed by atoms with Gasteiger partial charge in [-0.15, -0.1) is 11.6 Å². The number of halogens is 1. The highest BCUT2D eigenvalue weighted by molar-refractivity contribution is 6.27. The third-order valence-electron chi connectivity index (χ3n) is 2.39. The van der Waals surface area contributed by atoms with Crippen molar-refractivity contribution in [2.24, 2.45) is 0 Å². The first-order valence-electron chi connectivity index (χ1n) is 5.42. The van der Waals surface area contributed by atoms with Gasteiger partial charge in [0.2, 0.25) is 0 Å².